The van der Waals surface area contributed by atoms with Crippen molar-refractivity contribution in [2.24, 2.45) is 0 Å². The third-order valence-electron chi connectivity index (χ3n) is 5.10. The van der Waals surface area contributed by atoms with Crippen LogP contribution in [-0.4, -0.2) is 55.0 Å². The van der Waals surface area contributed by atoms with E-state index in [1.165, 1.54) is 4.90 Å². The maximum atomic E-state index is 15.0. The summed E-state index contributed by atoms with van der Waals surface area (Å²) in [5.41, 5.74) is 0. The topological polar surface area (TPSA) is 87.7 Å². The Morgan fingerprint density at radius 1 is 1.07 bits per heavy atom. The monoisotopic (exact) mass is 419 g/mol. The Morgan fingerprint density at radius 2 is 1.71 bits per heavy atom. The smallest absolute Gasteiger partial charge is 0.252 e. The summed E-state index contributed by atoms with van der Waals surface area (Å²) in [5.74, 6) is -7.61. The van der Waals surface area contributed by atoms with Crippen molar-refractivity contribution in [2.75, 3.05) is 23.7 Å². The average molecular weight is 419 g/mol. The van der Waals surface area contributed by atoms with E-state index >= 15 is 0 Å². The summed E-state index contributed by atoms with van der Waals surface area (Å²) in [6, 6.07) is -0.212. The number of imide groups is 1. The highest BCUT2D eigenvalue weighted by molar-refractivity contribution is 7.91. The number of rotatable bonds is 5. The van der Waals surface area contributed by atoms with Crippen LogP contribution in [0.1, 0.15) is 39.0 Å². The molecule has 11 heteroatoms. The number of halogens is 3. The number of carbonyl (C=O) groups is 2. The lowest BCUT2D eigenvalue weighted by Gasteiger charge is -2.34. The Balaban J connectivity index is 1.95. The maximum absolute atomic E-state index is 15.0. The molecule has 1 aromatic heterocycles. The van der Waals surface area contributed by atoms with Gasteiger partial charge in [-0.1, -0.05) is 0 Å². The van der Waals surface area contributed by atoms with E-state index in [1.807, 2.05) is 0 Å². The van der Waals surface area contributed by atoms with Crippen LogP contribution in [0.4, 0.5) is 19.0 Å². The zero-order valence-corrected chi connectivity index (χ0v) is 16.1. The van der Waals surface area contributed by atoms with E-state index in [0.29, 0.717) is 19.4 Å². The molecule has 0 saturated carbocycles. The van der Waals surface area contributed by atoms with Gasteiger partial charge in [-0.15, -0.1) is 0 Å². The molecule has 0 aliphatic carbocycles. The summed E-state index contributed by atoms with van der Waals surface area (Å²) < 4.78 is 68.4. The van der Waals surface area contributed by atoms with Gasteiger partial charge in [0.2, 0.25) is 11.8 Å². The van der Waals surface area contributed by atoms with Crippen LogP contribution in [0, 0.1) is 17.6 Å². The van der Waals surface area contributed by atoms with Crippen LogP contribution >= 0.6 is 0 Å². The van der Waals surface area contributed by atoms with Gasteiger partial charge in [0.1, 0.15) is 4.90 Å². The quantitative estimate of drug-likeness (QED) is 0.534. The van der Waals surface area contributed by atoms with Crippen molar-refractivity contribution in [3.8, 4) is 0 Å². The van der Waals surface area contributed by atoms with E-state index in [0.717, 1.165) is 11.3 Å². The molecule has 7 nitrogen and oxygen atoms in total. The summed E-state index contributed by atoms with van der Waals surface area (Å²) in [5, 5.41) is 0. The molecule has 3 rings (SSSR count). The van der Waals surface area contributed by atoms with Gasteiger partial charge >= 0.3 is 0 Å². The van der Waals surface area contributed by atoms with Gasteiger partial charge in [0.25, 0.3) is 5.95 Å². The van der Waals surface area contributed by atoms with Gasteiger partial charge in [-0.05, 0) is 26.2 Å². The lowest BCUT2D eigenvalue weighted by Crippen LogP contribution is -2.39. The van der Waals surface area contributed by atoms with E-state index in [-0.39, 0.29) is 18.9 Å². The molecule has 0 unspecified atom stereocenters. The average Bonchev–Trinajstić information content (AvgIpc) is 2.95. The van der Waals surface area contributed by atoms with Gasteiger partial charge in [-0.3, -0.25) is 14.5 Å². The summed E-state index contributed by atoms with van der Waals surface area (Å²) in [4.78, 5) is 27.3. The van der Waals surface area contributed by atoms with E-state index < -0.39 is 62.2 Å². The number of sulfone groups is 1. The Kier molecular flexibility index (Phi) is 5.64. The molecule has 0 spiro atoms. The molecule has 0 bridgehead atoms. The fraction of sp³-hybridized carbons (Fsp3) is 0.588. The molecule has 2 aliphatic rings. The van der Waals surface area contributed by atoms with Crippen LogP contribution in [0.25, 0.3) is 0 Å². The molecule has 0 N–H and O–H groups in total. The van der Waals surface area contributed by atoms with Crippen molar-refractivity contribution < 1.29 is 31.2 Å². The standard InChI is InChI=1S/C17H20F3N3O4S/c1-10-4-2-3-7-22(10)17-14(19)15(13(18)16(20)21-17)28(26,27)9-8-23-11(24)5-6-12(23)25/h10H,2-9H2,1H3/t10-/m1/s1. The Bertz CT molecular complexity index is 907. The van der Waals surface area contributed by atoms with Crippen LogP contribution in [0.5, 0.6) is 0 Å². The first kappa shape index (κ1) is 20.6. The molecular weight excluding hydrogens is 399 g/mol. The number of likely N-dealkylation sites (tertiary alicyclic amines) is 1. The highest BCUT2D eigenvalue weighted by atomic mass is 32.2. The predicted octanol–water partition coefficient (Wildman–Crippen LogP) is 1.80. The third-order valence-corrected chi connectivity index (χ3v) is 6.81. The van der Waals surface area contributed by atoms with Crippen LogP contribution in [-0.2, 0) is 19.4 Å². The molecule has 0 aromatic carbocycles. The molecule has 2 aliphatic heterocycles. The predicted molar refractivity (Wildman–Crippen MR) is 92.8 cm³/mol. The number of pyridine rings is 1. The van der Waals surface area contributed by atoms with Crippen LogP contribution < -0.4 is 4.90 Å². The van der Waals surface area contributed by atoms with E-state index in [9.17, 15) is 31.2 Å². The highest BCUT2D eigenvalue weighted by Gasteiger charge is 2.36. The summed E-state index contributed by atoms with van der Waals surface area (Å²) in [6.07, 6.45) is 2.17. The second-order valence-corrected chi connectivity index (χ2v) is 9.03. The first-order chi connectivity index (χ1) is 13.1. The van der Waals surface area contributed by atoms with Crippen LogP contribution in [0.2, 0.25) is 0 Å². The van der Waals surface area contributed by atoms with Crippen molar-refractivity contribution in [1.82, 2.24) is 9.88 Å². The molecule has 1 atom stereocenters. The van der Waals surface area contributed by atoms with E-state index in [2.05, 4.69) is 4.98 Å². The number of aromatic nitrogens is 1. The zero-order valence-electron chi connectivity index (χ0n) is 15.3. The number of piperidine rings is 1. The molecule has 1 aromatic rings. The second kappa shape index (κ2) is 7.69. The number of hydrogen-bond donors (Lipinski definition) is 0. The van der Waals surface area contributed by atoms with Crippen LogP contribution in [0.3, 0.4) is 0 Å². The number of amides is 2. The first-order valence-corrected chi connectivity index (χ1v) is 10.7. The highest BCUT2D eigenvalue weighted by Crippen LogP contribution is 2.32. The molecule has 154 valence electrons. The fourth-order valence-corrected chi connectivity index (χ4v) is 4.89. The van der Waals surface area contributed by atoms with E-state index in [4.69, 9.17) is 0 Å². The van der Waals surface area contributed by atoms with Gasteiger partial charge in [0.05, 0.1) is 5.75 Å². The normalized spacial score (nSPS) is 20.9. The number of nitrogens with zero attached hydrogens (tertiary/aromatic N) is 3. The number of anilines is 1. The molecule has 2 amide bonds. The van der Waals surface area contributed by atoms with Gasteiger partial charge in [-0.2, -0.15) is 9.37 Å². The van der Waals surface area contributed by atoms with Gasteiger partial charge < -0.3 is 4.90 Å². The fourth-order valence-electron chi connectivity index (χ4n) is 3.54. The molecule has 2 saturated heterocycles. The van der Waals surface area contributed by atoms with Crippen molar-refractivity contribution in [2.45, 2.75) is 50.0 Å². The minimum atomic E-state index is -4.66. The molecule has 0 radical (unpaired) electrons. The van der Waals surface area contributed by atoms with Gasteiger partial charge in [0, 0.05) is 32.0 Å². The Morgan fingerprint density at radius 3 is 2.32 bits per heavy atom. The summed E-state index contributed by atoms with van der Waals surface area (Å²) in [7, 11) is -4.66. The molecule has 3 heterocycles. The summed E-state index contributed by atoms with van der Waals surface area (Å²) >= 11 is 0. The molecule has 28 heavy (non-hydrogen) atoms. The second-order valence-electron chi connectivity index (χ2n) is 6.98. The largest absolute Gasteiger partial charge is 0.351 e. The molecular formula is C17H20F3N3O4S. The Labute approximate surface area is 160 Å². The lowest BCUT2D eigenvalue weighted by atomic mass is 10.0. The minimum absolute atomic E-state index is 0.0392. The Hall–Kier alpha value is -2.17. The maximum Gasteiger partial charge on any atom is 0.252 e. The number of carbonyl (C=O) groups excluding carboxylic acids is 2. The van der Waals surface area contributed by atoms with Gasteiger partial charge in [0.15, 0.2) is 27.3 Å². The lowest BCUT2D eigenvalue weighted by molar-refractivity contribution is -0.137. The van der Waals surface area contributed by atoms with Crippen molar-refractivity contribution in [3.63, 3.8) is 0 Å². The third kappa shape index (κ3) is 3.71. The summed E-state index contributed by atoms with van der Waals surface area (Å²) in [6.45, 7) is 1.56. The van der Waals surface area contributed by atoms with E-state index in [1.54, 1.807) is 6.92 Å². The zero-order chi connectivity index (χ0) is 20.6. The van der Waals surface area contributed by atoms with Gasteiger partial charge in [-0.25, -0.2) is 17.2 Å². The SMILES string of the molecule is C[C@@H]1CCCCN1c1nc(F)c(F)c(S(=O)(=O)CCN2C(=O)CCC2=O)c1F. The molecule has 2 fully saturated rings. The first-order valence-electron chi connectivity index (χ1n) is 9.00. The minimum Gasteiger partial charge on any atom is -0.351 e. The number of hydrogen-bond acceptors (Lipinski definition) is 6. The van der Waals surface area contributed by atoms with Crippen LogP contribution in [0.15, 0.2) is 4.90 Å². The van der Waals surface area contributed by atoms with Crippen molar-refractivity contribution in [3.05, 3.63) is 17.6 Å². The van der Waals surface area contributed by atoms with Crippen molar-refractivity contribution >= 4 is 27.5 Å². The van der Waals surface area contributed by atoms with Crippen molar-refractivity contribution in [1.29, 1.82) is 0 Å².